The lowest BCUT2D eigenvalue weighted by Gasteiger charge is -2.28. The number of methoxy groups -OCH3 is 1. The van der Waals surface area contributed by atoms with Crippen LogP contribution in [0.5, 0.6) is 5.88 Å². The summed E-state index contributed by atoms with van der Waals surface area (Å²) in [5.74, 6) is 0.529. The van der Waals surface area contributed by atoms with Crippen molar-refractivity contribution < 1.29 is 19.0 Å². The van der Waals surface area contributed by atoms with Crippen LogP contribution in [0, 0.1) is 18.2 Å². The van der Waals surface area contributed by atoms with Crippen molar-refractivity contribution in [1.82, 2.24) is 25.2 Å². The van der Waals surface area contributed by atoms with Crippen LogP contribution in [0.4, 0.5) is 10.2 Å². The Morgan fingerprint density at radius 3 is 2.86 bits per heavy atom. The van der Waals surface area contributed by atoms with Gasteiger partial charge in [-0.1, -0.05) is 19.9 Å². The van der Waals surface area contributed by atoms with Gasteiger partial charge >= 0.3 is 0 Å². The number of pyridine rings is 3. The van der Waals surface area contributed by atoms with Crippen LogP contribution in [-0.4, -0.2) is 70.3 Å². The fourth-order valence-electron chi connectivity index (χ4n) is 4.68. The summed E-state index contributed by atoms with van der Waals surface area (Å²) < 4.78 is 19.9. The molecule has 198 valence electrons. The van der Waals surface area contributed by atoms with Crippen LogP contribution in [0.15, 0.2) is 30.5 Å². The number of ether oxygens (including phenoxy) is 1. The first kappa shape index (κ1) is 26.8. The molecule has 0 aromatic carbocycles. The molecule has 4 rings (SSSR count). The zero-order valence-electron chi connectivity index (χ0n) is 21.8. The number of nitrogens with one attached hydrogen (secondary N) is 2. The van der Waals surface area contributed by atoms with Gasteiger partial charge in [-0.25, -0.2) is 14.4 Å². The second kappa shape index (κ2) is 11.5. The number of aryl methyl sites for hydroxylation is 1. The van der Waals surface area contributed by atoms with E-state index in [9.17, 15) is 14.3 Å². The van der Waals surface area contributed by atoms with Gasteiger partial charge in [-0.05, 0) is 31.0 Å². The number of carbonyl (C=O) groups is 1. The van der Waals surface area contributed by atoms with Gasteiger partial charge in [-0.15, -0.1) is 0 Å². The second-order valence-corrected chi connectivity index (χ2v) is 9.93. The molecule has 1 aliphatic heterocycles. The summed E-state index contributed by atoms with van der Waals surface area (Å²) in [5.41, 5.74) is 2.98. The van der Waals surface area contributed by atoms with Crippen LogP contribution in [0.3, 0.4) is 0 Å². The van der Waals surface area contributed by atoms with Crippen molar-refractivity contribution >= 4 is 22.8 Å². The fourth-order valence-corrected chi connectivity index (χ4v) is 4.68. The molecule has 1 aliphatic rings. The van der Waals surface area contributed by atoms with E-state index in [2.05, 4.69) is 37.4 Å². The highest BCUT2D eigenvalue weighted by atomic mass is 19.1. The molecule has 0 spiro atoms. The summed E-state index contributed by atoms with van der Waals surface area (Å²) in [6.07, 6.45) is 1.55. The van der Waals surface area contributed by atoms with E-state index in [1.807, 2.05) is 19.1 Å². The Bertz CT molecular complexity index is 1270. The number of rotatable bonds is 10. The third kappa shape index (κ3) is 6.20. The van der Waals surface area contributed by atoms with Gasteiger partial charge in [0.15, 0.2) is 0 Å². The first-order valence-electron chi connectivity index (χ1n) is 12.6. The van der Waals surface area contributed by atoms with E-state index >= 15 is 0 Å². The summed E-state index contributed by atoms with van der Waals surface area (Å²) in [5, 5.41) is 17.1. The van der Waals surface area contributed by atoms with Crippen molar-refractivity contribution in [2.24, 2.45) is 5.41 Å². The van der Waals surface area contributed by atoms with Crippen LogP contribution in [0.1, 0.15) is 37.1 Å². The average Bonchev–Trinajstić information content (AvgIpc) is 3.17. The third-order valence-electron chi connectivity index (χ3n) is 7.02. The van der Waals surface area contributed by atoms with Gasteiger partial charge < -0.3 is 20.5 Å². The first-order chi connectivity index (χ1) is 17.7. The predicted molar refractivity (Wildman–Crippen MR) is 140 cm³/mol. The molecule has 0 aliphatic carbocycles. The molecule has 1 saturated heterocycles. The van der Waals surface area contributed by atoms with Crippen molar-refractivity contribution in [2.75, 3.05) is 38.6 Å². The lowest BCUT2D eigenvalue weighted by Crippen LogP contribution is -2.41. The van der Waals surface area contributed by atoms with Crippen LogP contribution < -0.4 is 15.4 Å². The number of aliphatic hydroxyl groups excluding tert-OH is 1. The number of anilines is 1. The molecule has 3 aromatic rings. The average molecular weight is 511 g/mol. The number of hydrogen-bond acceptors (Lipinski definition) is 8. The largest absolute Gasteiger partial charge is 0.481 e. The van der Waals surface area contributed by atoms with E-state index in [-0.39, 0.29) is 11.3 Å². The third-order valence-corrected chi connectivity index (χ3v) is 7.02. The van der Waals surface area contributed by atoms with Gasteiger partial charge in [-0.3, -0.25) is 14.7 Å². The number of nitrogens with zero attached hydrogens (tertiary/aromatic N) is 4. The normalized spacial score (nSPS) is 19.9. The van der Waals surface area contributed by atoms with Crippen molar-refractivity contribution in [3.8, 4) is 5.88 Å². The molecule has 3 aromatic heterocycles. The summed E-state index contributed by atoms with van der Waals surface area (Å²) in [7, 11) is 1.53. The van der Waals surface area contributed by atoms with E-state index in [1.54, 1.807) is 19.1 Å². The maximum Gasteiger partial charge on any atom is 0.225 e. The number of hydrogen-bond donors (Lipinski definition) is 3. The number of halogens is 1. The van der Waals surface area contributed by atoms with Gasteiger partial charge in [0.1, 0.15) is 11.6 Å². The zero-order valence-corrected chi connectivity index (χ0v) is 21.8. The molecule has 2 unspecified atom stereocenters. The monoisotopic (exact) mass is 510 g/mol. The quantitative estimate of drug-likeness (QED) is 0.382. The zero-order chi connectivity index (χ0) is 26.6. The maximum atomic E-state index is 14.7. The minimum absolute atomic E-state index is 0.0723. The molecule has 1 amide bonds. The fraction of sp³-hybridized carbons (Fsp3) is 0.481. The SMILES string of the molecule is CCC(=O)Nc1nc(CNCC2(C)CN(CCc3c(F)cnc4ccc(OC)nc34)CC2O)ccc1C. The molecule has 2 atom stereocenters. The van der Waals surface area contributed by atoms with Crippen molar-refractivity contribution in [1.29, 1.82) is 0 Å². The minimum atomic E-state index is -0.525. The van der Waals surface area contributed by atoms with Crippen LogP contribution >= 0.6 is 0 Å². The topological polar surface area (TPSA) is 113 Å². The minimum Gasteiger partial charge on any atom is -0.481 e. The van der Waals surface area contributed by atoms with Gasteiger partial charge in [0.25, 0.3) is 0 Å². The number of β-amino-alcohol motifs (C(OH)–C–C–N with tert-alkyl or cyclic N) is 1. The number of fused-ring (bicyclic) bond motifs is 1. The highest BCUT2D eigenvalue weighted by Gasteiger charge is 2.41. The molecule has 0 radical (unpaired) electrons. The second-order valence-electron chi connectivity index (χ2n) is 9.93. The number of likely N-dealkylation sites (tertiary alicyclic amines) is 1. The van der Waals surface area contributed by atoms with Gasteiger partial charge in [-0.2, -0.15) is 0 Å². The Morgan fingerprint density at radius 2 is 2.11 bits per heavy atom. The summed E-state index contributed by atoms with van der Waals surface area (Å²) in [6, 6.07) is 7.35. The Labute approximate surface area is 216 Å². The lowest BCUT2D eigenvalue weighted by atomic mass is 9.87. The molecular formula is C27H35FN6O3. The highest BCUT2D eigenvalue weighted by Crippen LogP contribution is 2.30. The Hall–Kier alpha value is -3.21. The van der Waals surface area contributed by atoms with Crippen molar-refractivity contribution in [3.63, 3.8) is 0 Å². The van der Waals surface area contributed by atoms with Crippen LogP contribution in [0.2, 0.25) is 0 Å². The number of carbonyl (C=O) groups excluding carboxylic acids is 1. The molecule has 10 heteroatoms. The number of aliphatic hydroxyl groups is 1. The standard InChI is InChI=1S/C27H35FN6O3/c1-5-23(36)32-26-17(2)6-7-18(31-26)12-29-15-27(3)16-34(14-22(27)35)11-10-19-20(28)13-30-21-8-9-24(37-4)33-25(19)21/h6-9,13,22,29,35H,5,10-12,14-16H2,1-4H3,(H,31,32,36). The molecule has 3 N–H and O–H groups in total. The smallest absolute Gasteiger partial charge is 0.225 e. The molecular weight excluding hydrogens is 475 g/mol. The predicted octanol–water partition coefficient (Wildman–Crippen LogP) is 2.84. The van der Waals surface area contributed by atoms with Crippen LogP contribution in [-0.2, 0) is 17.8 Å². The van der Waals surface area contributed by atoms with Gasteiger partial charge in [0, 0.05) is 56.2 Å². The number of amides is 1. The lowest BCUT2D eigenvalue weighted by molar-refractivity contribution is -0.115. The molecule has 37 heavy (non-hydrogen) atoms. The summed E-state index contributed by atoms with van der Waals surface area (Å²) in [6.45, 7) is 8.62. The molecule has 4 heterocycles. The molecule has 9 nitrogen and oxygen atoms in total. The molecule has 1 fully saturated rings. The molecule has 0 saturated carbocycles. The van der Waals surface area contributed by atoms with Crippen LogP contribution in [0.25, 0.3) is 11.0 Å². The van der Waals surface area contributed by atoms with Crippen molar-refractivity contribution in [3.05, 3.63) is 53.1 Å². The van der Waals surface area contributed by atoms with E-state index < -0.39 is 11.9 Å². The van der Waals surface area contributed by atoms with Crippen molar-refractivity contribution in [2.45, 2.75) is 46.3 Å². The highest BCUT2D eigenvalue weighted by molar-refractivity contribution is 5.90. The Morgan fingerprint density at radius 1 is 1.30 bits per heavy atom. The molecule has 0 bridgehead atoms. The Kier molecular flexibility index (Phi) is 8.31. The summed E-state index contributed by atoms with van der Waals surface area (Å²) >= 11 is 0. The summed E-state index contributed by atoms with van der Waals surface area (Å²) in [4.78, 5) is 27.0. The Balaban J connectivity index is 1.35. The van der Waals surface area contributed by atoms with E-state index in [4.69, 9.17) is 4.74 Å². The number of aromatic nitrogens is 3. The maximum absolute atomic E-state index is 14.7. The van der Waals surface area contributed by atoms with E-state index in [1.165, 1.54) is 13.3 Å². The first-order valence-corrected chi connectivity index (χ1v) is 12.6. The van der Waals surface area contributed by atoms with Gasteiger partial charge in [0.05, 0.1) is 36.1 Å². The van der Waals surface area contributed by atoms with Gasteiger partial charge in [0.2, 0.25) is 11.8 Å². The van der Waals surface area contributed by atoms with E-state index in [0.717, 1.165) is 11.3 Å². The van der Waals surface area contributed by atoms with E-state index in [0.29, 0.717) is 73.9 Å².